The molecule has 136 valence electrons. The minimum Gasteiger partial charge on any atom is -0.341 e. The van der Waals surface area contributed by atoms with Crippen molar-refractivity contribution in [3.63, 3.8) is 0 Å². The molecule has 0 unspecified atom stereocenters. The van der Waals surface area contributed by atoms with Crippen LogP contribution in [-0.4, -0.2) is 18.3 Å². The Morgan fingerprint density at radius 1 is 1.23 bits per heavy atom. The summed E-state index contributed by atoms with van der Waals surface area (Å²) in [5.41, 5.74) is 0.311. The number of anilines is 1. The lowest BCUT2D eigenvalue weighted by molar-refractivity contribution is -0.112. The highest BCUT2D eigenvalue weighted by Crippen LogP contribution is 2.35. The van der Waals surface area contributed by atoms with Crippen LogP contribution in [0.2, 0.25) is 0 Å². The van der Waals surface area contributed by atoms with E-state index in [1.807, 2.05) is 0 Å². The maximum atomic E-state index is 13.2. The van der Waals surface area contributed by atoms with Crippen molar-refractivity contribution in [3.8, 4) is 0 Å². The molecule has 1 aromatic rings. The van der Waals surface area contributed by atoms with Crippen LogP contribution >= 0.6 is 12.6 Å². The first kappa shape index (κ1) is 18.1. The van der Waals surface area contributed by atoms with Crippen LogP contribution < -0.4 is 16.0 Å². The lowest BCUT2D eigenvalue weighted by Crippen LogP contribution is -2.39. The largest absolute Gasteiger partial charge is 0.431 e. The highest BCUT2D eigenvalue weighted by atomic mass is 32.1. The number of thiol groups is 1. The molecule has 0 atom stereocenters. The maximum absolute atomic E-state index is 13.2. The normalized spacial score (nSPS) is 18.4. The van der Waals surface area contributed by atoms with E-state index < -0.39 is 17.8 Å². The number of halogens is 3. The van der Waals surface area contributed by atoms with Crippen LogP contribution in [0.15, 0.2) is 63.6 Å². The van der Waals surface area contributed by atoms with E-state index in [0.717, 1.165) is 11.6 Å². The predicted octanol–water partition coefficient (Wildman–Crippen LogP) is 3.46. The number of carbonyl (C=O) groups excluding carboxylic acids is 1. The Bertz CT molecular complexity index is 865. The SMILES string of the molecule is N=C/C(C(=O)Nc1ccccc1S)=C1\NC(C(F)(F)F)=CC(=C2CC2)N1. The third-order valence-corrected chi connectivity index (χ3v) is 4.19. The van der Waals surface area contributed by atoms with Crippen LogP contribution in [-0.2, 0) is 4.79 Å². The summed E-state index contributed by atoms with van der Waals surface area (Å²) < 4.78 is 39.5. The van der Waals surface area contributed by atoms with E-state index in [4.69, 9.17) is 5.41 Å². The Balaban J connectivity index is 1.94. The first-order valence-electron chi connectivity index (χ1n) is 7.68. The Hall–Kier alpha value is -2.68. The first-order chi connectivity index (χ1) is 12.3. The third-order valence-electron chi connectivity index (χ3n) is 3.80. The number of rotatable bonds is 3. The average molecular weight is 380 g/mol. The van der Waals surface area contributed by atoms with Crippen molar-refractivity contribution in [1.82, 2.24) is 10.6 Å². The van der Waals surface area contributed by atoms with Gasteiger partial charge in [0.25, 0.3) is 5.91 Å². The van der Waals surface area contributed by atoms with E-state index in [2.05, 4.69) is 28.6 Å². The van der Waals surface area contributed by atoms with Crippen molar-refractivity contribution in [2.75, 3.05) is 5.32 Å². The van der Waals surface area contributed by atoms with Gasteiger partial charge in [-0.05, 0) is 36.6 Å². The van der Waals surface area contributed by atoms with Crippen LogP contribution in [0.25, 0.3) is 0 Å². The van der Waals surface area contributed by atoms with Crippen LogP contribution in [0.4, 0.5) is 18.9 Å². The van der Waals surface area contributed by atoms with E-state index in [9.17, 15) is 18.0 Å². The van der Waals surface area contributed by atoms with Gasteiger partial charge in [0.1, 0.15) is 11.5 Å². The molecule has 1 aliphatic carbocycles. The zero-order valence-corrected chi connectivity index (χ0v) is 14.3. The molecular weight excluding hydrogens is 365 g/mol. The fraction of sp³-hybridized carbons (Fsp3) is 0.176. The Morgan fingerprint density at radius 2 is 1.92 bits per heavy atom. The van der Waals surface area contributed by atoms with Crippen LogP contribution in [0.1, 0.15) is 12.8 Å². The number of carbonyl (C=O) groups is 1. The fourth-order valence-corrected chi connectivity index (χ4v) is 2.56. The minimum absolute atomic E-state index is 0.182. The topological polar surface area (TPSA) is 77.0 Å². The average Bonchev–Trinajstić information content (AvgIpc) is 3.42. The van der Waals surface area contributed by atoms with Gasteiger partial charge in [0.2, 0.25) is 0 Å². The number of amides is 1. The van der Waals surface area contributed by atoms with Crippen molar-refractivity contribution in [2.24, 2.45) is 0 Å². The molecule has 1 amide bonds. The number of nitrogens with one attached hydrogen (secondary N) is 4. The number of alkyl halides is 3. The molecule has 0 spiro atoms. The van der Waals surface area contributed by atoms with Gasteiger partial charge in [-0.3, -0.25) is 4.79 Å². The summed E-state index contributed by atoms with van der Waals surface area (Å²) in [5.74, 6) is -0.904. The number of hydrogen-bond acceptors (Lipinski definition) is 5. The first-order valence-corrected chi connectivity index (χ1v) is 8.13. The number of allylic oxidation sites excluding steroid dienone is 3. The molecule has 1 aliphatic heterocycles. The standard InChI is InChI=1S/C17H15F3N4OS/c18-17(19,20)14-7-12(9-5-6-9)22-15(24-14)10(8-21)16(25)23-11-3-1-2-4-13(11)26/h1-4,7-8,21-22,24,26H,5-6H2,(H,23,25)/b15-10+,21-8?. The lowest BCUT2D eigenvalue weighted by atomic mass is 10.1. The molecule has 26 heavy (non-hydrogen) atoms. The molecule has 4 N–H and O–H groups in total. The Morgan fingerprint density at radius 3 is 2.50 bits per heavy atom. The number of benzene rings is 1. The van der Waals surface area contributed by atoms with Crippen molar-refractivity contribution in [3.05, 3.63) is 58.7 Å². The molecule has 0 bridgehead atoms. The molecular formula is C17H15F3N4OS. The summed E-state index contributed by atoms with van der Waals surface area (Å²) in [4.78, 5) is 13.0. The van der Waals surface area contributed by atoms with E-state index in [1.165, 1.54) is 0 Å². The molecule has 3 rings (SSSR count). The molecule has 2 aliphatic rings. The molecule has 1 fully saturated rings. The fourth-order valence-electron chi connectivity index (χ4n) is 2.35. The zero-order valence-electron chi connectivity index (χ0n) is 13.4. The monoisotopic (exact) mass is 380 g/mol. The second-order valence-electron chi connectivity index (χ2n) is 5.73. The van der Waals surface area contributed by atoms with Gasteiger partial charge >= 0.3 is 6.18 Å². The third kappa shape index (κ3) is 3.93. The van der Waals surface area contributed by atoms with Gasteiger partial charge < -0.3 is 21.4 Å². The summed E-state index contributed by atoms with van der Waals surface area (Å²) in [6.07, 6.45) is -1.50. The van der Waals surface area contributed by atoms with Crippen LogP contribution in [0.5, 0.6) is 0 Å². The molecule has 9 heteroatoms. The van der Waals surface area contributed by atoms with Gasteiger partial charge in [0, 0.05) is 16.8 Å². The molecule has 5 nitrogen and oxygen atoms in total. The molecule has 1 heterocycles. The maximum Gasteiger partial charge on any atom is 0.431 e. The summed E-state index contributed by atoms with van der Waals surface area (Å²) >= 11 is 4.21. The van der Waals surface area contributed by atoms with Crippen LogP contribution in [0, 0.1) is 5.41 Å². The van der Waals surface area contributed by atoms with E-state index >= 15 is 0 Å². The van der Waals surface area contributed by atoms with E-state index in [0.29, 0.717) is 35.3 Å². The van der Waals surface area contributed by atoms with Crippen molar-refractivity contribution >= 4 is 30.4 Å². The van der Waals surface area contributed by atoms with Crippen molar-refractivity contribution in [1.29, 1.82) is 5.41 Å². The van der Waals surface area contributed by atoms with Crippen molar-refractivity contribution in [2.45, 2.75) is 23.9 Å². The van der Waals surface area contributed by atoms with Gasteiger partial charge in [0.05, 0.1) is 11.3 Å². The quantitative estimate of drug-likeness (QED) is 0.317. The Kier molecular flexibility index (Phi) is 4.82. The predicted molar refractivity (Wildman–Crippen MR) is 94.8 cm³/mol. The van der Waals surface area contributed by atoms with Gasteiger partial charge in [-0.2, -0.15) is 13.2 Å². The summed E-state index contributed by atoms with van der Waals surface area (Å²) in [7, 11) is 0. The molecule has 0 radical (unpaired) electrons. The number of hydrogen-bond donors (Lipinski definition) is 5. The summed E-state index contributed by atoms with van der Waals surface area (Å²) in [6, 6.07) is 6.68. The number of para-hydroxylation sites is 1. The second-order valence-corrected chi connectivity index (χ2v) is 6.21. The lowest BCUT2D eigenvalue weighted by Gasteiger charge is -2.25. The van der Waals surface area contributed by atoms with Gasteiger partial charge in [-0.15, -0.1) is 12.6 Å². The van der Waals surface area contributed by atoms with Gasteiger partial charge in [-0.25, -0.2) is 0 Å². The van der Waals surface area contributed by atoms with Gasteiger partial charge in [0.15, 0.2) is 0 Å². The molecule has 0 saturated heterocycles. The highest BCUT2D eigenvalue weighted by Gasteiger charge is 2.38. The van der Waals surface area contributed by atoms with Crippen molar-refractivity contribution < 1.29 is 18.0 Å². The van der Waals surface area contributed by atoms with E-state index in [-0.39, 0.29) is 11.4 Å². The van der Waals surface area contributed by atoms with Gasteiger partial charge in [-0.1, -0.05) is 12.1 Å². The molecule has 1 aromatic carbocycles. The minimum atomic E-state index is -4.60. The van der Waals surface area contributed by atoms with E-state index in [1.54, 1.807) is 24.3 Å². The summed E-state index contributed by atoms with van der Waals surface area (Å²) in [6.45, 7) is 0. The molecule has 0 aromatic heterocycles. The highest BCUT2D eigenvalue weighted by molar-refractivity contribution is 7.80. The van der Waals surface area contributed by atoms with Crippen LogP contribution in [0.3, 0.4) is 0 Å². The zero-order chi connectivity index (χ0) is 18.9. The second kappa shape index (κ2) is 6.91. The molecule has 1 saturated carbocycles. The smallest absolute Gasteiger partial charge is 0.341 e. The summed E-state index contributed by atoms with van der Waals surface area (Å²) in [5, 5.41) is 15.0. The Labute approximate surface area is 153 Å².